The predicted octanol–water partition coefficient (Wildman–Crippen LogP) is 2.17. The van der Waals surface area contributed by atoms with Crippen molar-refractivity contribution in [1.29, 1.82) is 0 Å². The van der Waals surface area contributed by atoms with Gasteiger partial charge in [0.2, 0.25) is 0 Å². The SMILES string of the molecule is CC1CC(C)S(O)(O)C1. The Kier molecular flexibility index (Phi) is 1.76. The molecule has 0 spiro atoms. The molecule has 1 heterocycles. The van der Waals surface area contributed by atoms with Crippen molar-refractivity contribution in [3.8, 4) is 0 Å². The fraction of sp³-hybridized carbons (Fsp3) is 1.00. The van der Waals surface area contributed by atoms with E-state index in [1.807, 2.05) is 6.92 Å². The maximum absolute atomic E-state index is 9.27. The van der Waals surface area contributed by atoms with Gasteiger partial charge in [0.15, 0.2) is 0 Å². The topological polar surface area (TPSA) is 40.5 Å². The molecule has 1 fully saturated rings. The van der Waals surface area contributed by atoms with Gasteiger partial charge in [0.25, 0.3) is 0 Å². The van der Waals surface area contributed by atoms with Gasteiger partial charge in [-0.05, 0) is 19.3 Å². The first kappa shape index (κ1) is 7.38. The first-order valence-electron chi connectivity index (χ1n) is 3.27. The quantitative estimate of drug-likeness (QED) is 0.555. The maximum atomic E-state index is 9.27. The maximum Gasteiger partial charge on any atom is 0.0460 e. The smallest absolute Gasteiger partial charge is 0.0460 e. The van der Waals surface area contributed by atoms with E-state index in [0.717, 1.165) is 6.42 Å². The second-order valence-corrected chi connectivity index (χ2v) is 5.61. The van der Waals surface area contributed by atoms with Gasteiger partial charge in [-0.2, -0.15) is 10.6 Å². The van der Waals surface area contributed by atoms with Crippen LogP contribution < -0.4 is 0 Å². The Labute approximate surface area is 57.6 Å². The van der Waals surface area contributed by atoms with E-state index in [0.29, 0.717) is 11.7 Å². The molecular formula is C6H14O2S. The second-order valence-electron chi connectivity index (χ2n) is 3.04. The minimum atomic E-state index is -2.17. The Balaban J connectivity index is 2.58. The van der Waals surface area contributed by atoms with Gasteiger partial charge in [0.05, 0.1) is 0 Å². The normalized spacial score (nSPS) is 44.9. The Hall–Kier alpha value is 0.270. The average molecular weight is 150 g/mol. The van der Waals surface area contributed by atoms with Gasteiger partial charge in [-0.15, -0.1) is 0 Å². The van der Waals surface area contributed by atoms with Crippen molar-refractivity contribution in [2.75, 3.05) is 5.75 Å². The Morgan fingerprint density at radius 3 is 2.00 bits per heavy atom. The van der Waals surface area contributed by atoms with Crippen molar-refractivity contribution < 1.29 is 9.11 Å². The third kappa shape index (κ3) is 1.39. The van der Waals surface area contributed by atoms with Crippen LogP contribution in [0.2, 0.25) is 0 Å². The van der Waals surface area contributed by atoms with E-state index in [2.05, 4.69) is 6.92 Å². The van der Waals surface area contributed by atoms with E-state index in [9.17, 15) is 9.11 Å². The van der Waals surface area contributed by atoms with Crippen LogP contribution in [0.25, 0.3) is 0 Å². The lowest BCUT2D eigenvalue weighted by Crippen LogP contribution is -2.07. The third-order valence-electron chi connectivity index (χ3n) is 1.91. The zero-order valence-electron chi connectivity index (χ0n) is 5.87. The van der Waals surface area contributed by atoms with Crippen LogP contribution in [0.5, 0.6) is 0 Å². The minimum absolute atomic E-state index is 0.132. The Morgan fingerprint density at radius 1 is 1.33 bits per heavy atom. The van der Waals surface area contributed by atoms with Crippen molar-refractivity contribution in [1.82, 2.24) is 0 Å². The zero-order chi connectivity index (χ0) is 7.07. The standard InChI is InChI=1S/C6H14O2S/c1-5-3-6(2)9(7,8)4-5/h5-8H,3-4H2,1-2H3. The molecule has 0 aliphatic carbocycles. The van der Waals surface area contributed by atoms with Gasteiger partial charge in [-0.25, -0.2) is 0 Å². The summed E-state index contributed by atoms with van der Waals surface area (Å²) in [6.45, 7) is 3.98. The van der Waals surface area contributed by atoms with Crippen molar-refractivity contribution in [2.45, 2.75) is 25.5 Å². The molecule has 0 aromatic rings. The summed E-state index contributed by atoms with van der Waals surface area (Å²) < 4.78 is 18.5. The third-order valence-corrected chi connectivity index (χ3v) is 4.45. The van der Waals surface area contributed by atoms with Crippen LogP contribution in [0.4, 0.5) is 0 Å². The molecule has 0 aromatic heterocycles. The molecule has 0 saturated carbocycles. The highest BCUT2D eigenvalue weighted by Crippen LogP contribution is 2.53. The second kappa shape index (κ2) is 2.15. The highest BCUT2D eigenvalue weighted by Gasteiger charge is 2.32. The Morgan fingerprint density at radius 2 is 1.89 bits per heavy atom. The molecule has 1 saturated heterocycles. The molecule has 3 heteroatoms. The fourth-order valence-corrected chi connectivity index (χ4v) is 3.31. The highest BCUT2D eigenvalue weighted by atomic mass is 32.3. The predicted molar refractivity (Wildman–Crippen MR) is 41.0 cm³/mol. The molecule has 1 rings (SSSR count). The van der Waals surface area contributed by atoms with E-state index >= 15 is 0 Å². The first-order valence-corrected chi connectivity index (χ1v) is 5.05. The lowest BCUT2D eigenvalue weighted by molar-refractivity contribution is 0.484. The molecule has 0 amide bonds. The molecule has 1 aliphatic heterocycles. The first-order chi connectivity index (χ1) is 4.02. The van der Waals surface area contributed by atoms with E-state index in [-0.39, 0.29) is 5.25 Å². The van der Waals surface area contributed by atoms with Crippen LogP contribution in [0.3, 0.4) is 0 Å². The number of hydrogen-bond donors (Lipinski definition) is 2. The van der Waals surface area contributed by atoms with Crippen LogP contribution in [0.15, 0.2) is 0 Å². The minimum Gasteiger partial charge on any atom is -0.299 e. The van der Waals surface area contributed by atoms with E-state index in [4.69, 9.17) is 0 Å². The van der Waals surface area contributed by atoms with Crippen LogP contribution in [-0.4, -0.2) is 20.1 Å². The summed E-state index contributed by atoms with van der Waals surface area (Å²) in [5.74, 6) is 1.12. The summed E-state index contributed by atoms with van der Waals surface area (Å²) in [6.07, 6.45) is 0.975. The van der Waals surface area contributed by atoms with Crippen molar-refractivity contribution in [3.05, 3.63) is 0 Å². The zero-order valence-corrected chi connectivity index (χ0v) is 6.69. The fourth-order valence-electron chi connectivity index (χ4n) is 1.37. The van der Waals surface area contributed by atoms with Gasteiger partial charge in [-0.1, -0.05) is 6.92 Å². The summed E-state index contributed by atoms with van der Waals surface area (Å²) in [5.41, 5.74) is 0. The van der Waals surface area contributed by atoms with Crippen LogP contribution in [0.1, 0.15) is 20.3 Å². The lowest BCUT2D eigenvalue weighted by Gasteiger charge is -2.31. The van der Waals surface area contributed by atoms with Gasteiger partial charge < -0.3 is 0 Å². The summed E-state index contributed by atoms with van der Waals surface area (Å²) in [6, 6.07) is 0. The van der Waals surface area contributed by atoms with Crippen LogP contribution in [0, 0.1) is 5.92 Å². The molecule has 56 valence electrons. The van der Waals surface area contributed by atoms with Gasteiger partial charge in [0.1, 0.15) is 0 Å². The molecule has 2 nitrogen and oxygen atoms in total. The van der Waals surface area contributed by atoms with E-state index in [1.54, 1.807) is 0 Å². The van der Waals surface area contributed by atoms with E-state index in [1.165, 1.54) is 0 Å². The van der Waals surface area contributed by atoms with Crippen LogP contribution in [-0.2, 0) is 0 Å². The van der Waals surface area contributed by atoms with Gasteiger partial charge in [-0.3, -0.25) is 9.11 Å². The van der Waals surface area contributed by atoms with Gasteiger partial charge >= 0.3 is 0 Å². The van der Waals surface area contributed by atoms with Crippen molar-refractivity contribution in [3.63, 3.8) is 0 Å². The molecule has 2 atom stereocenters. The average Bonchev–Trinajstić information content (AvgIpc) is 1.79. The number of rotatable bonds is 0. The molecule has 2 unspecified atom stereocenters. The van der Waals surface area contributed by atoms with Gasteiger partial charge in [0, 0.05) is 11.0 Å². The summed E-state index contributed by atoms with van der Waals surface area (Å²) in [4.78, 5) is 0. The largest absolute Gasteiger partial charge is 0.299 e. The number of hydrogen-bond acceptors (Lipinski definition) is 2. The van der Waals surface area contributed by atoms with Crippen molar-refractivity contribution in [2.24, 2.45) is 5.92 Å². The molecule has 0 radical (unpaired) electrons. The summed E-state index contributed by atoms with van der Waals surface area (Å²) in [5, 5.41) is 0.132. The molecule has 1 aliphatic rings. The van der Waals surface area contributed by atoms with Crippen molar-refractivity contribution >= 4 is 10.6 Å². The lowest BCUT2D eigenvalue weighted by atomic mass is 10.1. The Bertz CT molecular complexity index is 114. The summed E-state index contributed by atoms with van der Waals surface area (Å²) >= 11 is 0. The molecule has 0 aromatic carbocycles. The highest BCUT2D eigenvalue weighted by molar-refractivity contribution is 8.25. The molecule has 9 heavy (non-hydrogen) atoms. The molecule has 2 N–H and O–H groups in total. The summed E-state index contributed by atoms with van der Waals surface area (Å²) in [7, 11) is -2.17. The molecule has 0 bridgehead atoms. The van der Waals surface area contributed by atoms with E-state index < -0.39 is 10.6 Å². The molecular weight excluding hydrogens is 136 g/mol. The van der Waals surface area contributed by atoms with Crippen LogP contribution >= 0.6 is 10.6 Å². The monoisotopic (exact) mass is 150 g/mol.